The Morgan fingerprint density at radius 3 is 2.71 bits per heavy atom. The maximum Gasteiger partial charge on any atom is 0.123 e. The molecule has 106 valence electrons. The molecule has 0 fully saturated rings. The first-order valence-electron chi connectivity index (χ1n) is 6.93. The number of aryl methyl sites for hydroxylation is 2. The number of nitrogens with one attached hydrogen (secondary N) is 1. The standard InChI is InChI=1S/C17H16FN3/c1-3-12-4-5-14(18)7-15(12)17-16(10-20-21-17)13-6-11(2)8-19-9-13/h4-10H,3H2,1-2H3,(H,20,21). The Morgan fingerprint density at radius 1 is 1.10 bits per heavy atom. The van der Waals surface area contributed by atoms with Crippen LogP contribution in [0.4, 0.5) is 4.39 Å². The topological polar surface area (TPSA) is 41.6 Å². The minimum atomic E-state index is -0.245. The fraction of sp³-hybridized carbons (Fsp3) is 0.176. The molecule has 4 heteroatoms. The molecule has 0 aliphatic rings. The molecule has 21 heavy (non-hydrogen) atoms. The lowest BCUT2D eigenvalue weighted by Crippen LogP contribution is -1.92. The van der Waals surface area contributed by atoms with E-state index in [2.05, 4.69) is 22.1 Å². The van der Waals surface area contributed by atoms with Crippen LogP contribution in [0.25, 0.3) is 22.4 Å². The summed E-state index contributed by atoms with van der Waals surface area (Å²) in [5.74, 6) is -0.245. The Bertz CT molecular complexity index is 777. The number of aromatic nitrogens is 3. The number of pyridine rings is 1. The van der Waals surface area contributed by atoms with Crippen molar-refractivity contribution in [1.82, 2.24) is 15.2 Å². The molecule has 0 radical (unpaired) electrons. The van der Waals surface area contributed by atoms with Gasteiger partial charge in [-0.3, -0.25) is 10.1 Å². The van der Waals surface area contributed by atoms with Gasteiger partial charge in [0, 0.05) is 29.1 Å². The van der Waals surface area contributed by atoms with Crippen LogP contribution in [0.5, 0.6) is 0 Å². The van der Waals surface area contributed by atoms with E-state index in [4.69, 9.17) is 0 Å². The van der Waals surface area contributed by atoms with Gasteiger partial charge in [-0.05, 0) is 42.7 Å². The lowest BCUT2D eigenvalue weighted by molar-refractivity contribution is 0.627. The van der Waals surface area contributed by atoms with Crippen molar-refractivity contribution in [1.29, 1.82) is 0 Å². The van der Waals surface area contributed by atoms with Gasteiger partial charge < -0.3 is 0 Å². The maximum atomic E-state index is 13.6. The van der Waals surface area contributed by atoms with E-state index in [9.17, 15) is 4.39 Å². The highest BCUT2D eigenvalue weighted by atomic mass is 19.1. The largest absolute Gasteiger partial charge is 0.277 e. The number of H-pyrrole nitrogens is 1. The highest BCUT2D eigenvalue weighted by molar-refractivity contribution is 5.81. The van der Waals surface area contributed by atoms with Crippen molar-refractivity contribution in [3.63, 3.8) is 0 Å². The molecule has 2 aromatic heterocycles. The summed E-state index contributed by atoms with van der Waals surface area (Å²) in [6, 6.07) is 6.92. The van der Waals surface area contributed by atoms with Gasteiger partial charge in [0.2, 0.25) is 0 Å². The molecule has 0 saturated carbocycles. The molecule has 1 aromatic carbocycles. The molecule has 0 aliphatic heterocycles. The van der Waals surface area contributed by atoms with Gasteiger partial charge >= 0.3 is 0 Å². The van der Waals surface area contributed by atoms with Crippen molar-refractivity contribution in [3.05, 3.63) is 59.8 Å². The maximum absolute atomic E-state index is 13.6. The lowest BCUT2D eigenvalue weighted by atomic mass is 9.97. The van der Waals surface area contributed by atoms with Crippen LogP contribution in [-0.4, -0.2) is 15.2 Å². The molecular formula is C17H16FN3. The number of hydrogen-bond acceptors (Lipinski definition) is 2. The third-order valence-corrected chi connectivity index (χ3v) is 3.55. The second-order valence-electron chi connectivity index (χ2n) is 5.06. The van der Waals surface area contributed by atoms with Crippen molar-refractivity contribution in [2.75, 3.05) is 0 Å². The first kappa shape index (κ1) is 13.5. The predicted molar refractivity (Wildman–Crippen MR) is 81.3 cm³/mol. The van der Waals surface area contributed by atoms with Crippen molar-refractivity contribution in [2.45, 2.75) is 20.3 Å². The van der Waals surface area contributed by atoms with E-state index in [1.54, 1.807) is 18.5 Å². The van der Waals surface area contributed by atoms with Gasteiger partial charge in [0.15, 0.2) is 0 Å². The van der Waals surface area contributed by atoms with E-state index in [0.29, 0.717) is 0 Å². The summed E-state index contributed by atoms with van der Waals surface area (Å²) in [7, 11) is 0. The molecular weight excluding hydrogens is 265 g/mol. The van der Waals surface area contributed by atoms with Gasteiger partial charge in [-0.2, -0.15) is 5.10 Å². The number of nitrogens with zero attached hydrogens (tertiary/aromatic N) is 2. The van der Waals surface area contributed by atoms with Crippen LogP contribution in [-0.2, 0) is 6.42 Å². The van der Waals surface area contributed by atoms with Crippen molar-refractivity contribution >= 4 is 0 Å². The highest BCUT2D eigenvalue weighted by Gasteiger charge is 2.14. The smallest absolute Gasteiger partial charge is 0.123 e. The molecule has 1 N–H and O–H groups in total. The van der Waals surface area contributed by atoms with E-state index < -0.39 is 0 Å². The zero-order valence-electron chi connectivity index (χ0n) is 12.0. The summed E-state index contributed by atoms with van der Waals surface area (Å²) in [6.07, 6.45) is 6.20. The second-order valence-corrected chi connectivity index (χ2v) is 5.06. The summed E-state index contributed by atoms with van der Waals surface area (Å²) in [5, 5.41) is 7.13. The Balaban J connectivity index is 2.18. The van der Waals surface area contributed by atoms with Crippen LogP contribution >= 0.6 is 0 Å². The molecule has 0 bridgehead atoms. The second kappa shape index (κ2) is 5.48. The third-order valence-electron chi connectivity index (χ3n) is 3.55. The minimum absolute atomic E-state index is 0.245. The summed E-state index contributed by atoms with van der Waals surface area (Å²) >= 11 is 0. The summed E-state index contributed by atoms with van der Waals surface area (Å²) in [4.78, 5) is 4.22. The highest BCUT2D eigenvalue weighted by Crippen LogP contribution is 2.32. The zero-order chi connectivity index (χ0) is 14.8. The first-order valence-corrected chi connectivity index (χ1v) is 6.93. The van der Waals surface area contributed by atoms with Crippen molar-refractivity contribution < 1.29 is 4.39 Å². The number of benzene rings is 1. The van der Waals surface area contributed by atoms with Crippen molar-refractivity contribution in [2.24, 2.45) is 0 Å². The normalized spacial score (nSPS) is 10.8. The van der Waals surface area contributed by atoms with Crippen LogP contribution in [0.2, 0.25) is 0 Å². The van der Waals surface area contributed by atoms with E-state index in [0.717, 1.165) is 39.9 Å². The van der Waals surface area contributed by atoms with Gasteiger partial charge in [0.25, 0.3) is 0 Å². The zero-order valence-corrected chi connectivity index (χ0v) is 12.0. The minimum Gasteiger partial charge on any atom is -0.277 e. The molecule has 0 aliphatic carbocycles. The number of rotatable bonds is 3. The predicted octanol–water partition coefficient (Wildman–Crippen LogP) is 4.15. The molecule has 0 spiro atoms. The Labute approximate surface area is 122 Å². The van der Waals surface area contributed by atoms with Gasteiger partial charge in [0.1, 0.15) is 5.82 Å². The van der Waals surface area contributed by atoms with E-state index >= 15 is 0 Å². The molecule has 2 heterocycles. The van der Waals surface area contributed by atoms with Crippen LogP contribution in [0.1, 0.15) is 18.1 Å². The van der Waals surface area contributed by atoms with E-state index in [1.165, 1.54) is 6.07 Å². The van der Waals surface area contributed by atoms with Crippen molar-refractivity contribution in [3.8, 4) is 22.4 Å². The lowest BCUT2D eigenvalue weighted by Gasteiger charge is -2.09. The third kappa shape index (κ3) is 2.57. The van der Waals surface area contributed by atoms with Crippen LogP contribution in [0, 0.1) is 12.7 Å². The fourth-order valence-corrected chi connectivity index (χ4v) is 2.50. The molecule has 0 saturated heterocycles. The van der Waals surface area contributed by atoms with Gasteiger partial charge in [0.05, 0.1) is 11.9 Å². The summed E-state index contributed by atoms with van der Waals surface area (Å²) in [5.41, 5.74) is 5.76. The Morgan fingerprint density at radius 2 is 1.95 bits per heavy atom. The number of halogens is 1. The Kier molecular flexibility index (Phi) is 3.52. The van der Waals surface area contributed by atoms with Crippen LogP contribution in [0.3, 0.4) is 0 Å². The van der Waals surface area contributed by atoms with E-state index in [-0.39, 0.29) is 5.82 Å². The number of hydrogen-bond donors (Lipinski definition) is 1. The van der Waals surface area contributed by atoms with Crippen LogP contribution < -0.4 is 0 Å². The van der Waals surface area contributed by atoms with Crippen LogP contribution in [0.15, 0.2) is 42.9 Å². The molecule has 3 rings (SSSR count). The quantitative estimate of drug-likeness (QED) is 0.783. The molecule has 3 aromatic rings. The Hall–Kier alpha value is -2.49. The molecule has 0 atom stereocenters. The SMILES string of the molecule is CCc1ccc(F)cc1-c1[nH]ncc1-c1cncc(C)c1. The molecule has 0 amide bonds. The summed E-state index contributed by atoms with van der Waals surface area (Å²) in [6.45, 7) is 4.05. The monoisotopic (exact) mass is 281 g/mol. The summed E-state index contributed by atoms with van der Waals surface area (Å²) < 4.78 is 13.6. The molecule has 0 unspecified atom stereocenters. The molecule has 3 nitrogen and oxygen atoms in total. The average molecular weight is 281 g/mol. The van der Waals surface area contributed by atoms with Gasteiger partial charge in [-0.15, -0.1) is 0 Å². The van der Waals surface area contributed by atoms with Gasteiger partial charge in [-0.25, -0.2) is 4.39 Å². The van der Waals surface area contributed by atoms with E-state index in [1.807, 2.05) is 25.3 Å². The van der Waals surface area contributed by atoms with Gasteiger partial charge in [-0.1, -0.05) is 13.0 Å². The number of aromatic amines is 1. The average Bonchev–Trinajstić information content (AvgIpc) is 2.96. The fourth-order valence-electron chi connectivity index (χ4n) is 2.50. The first-order chi connectivity index (χ1) is 10.2.